The van der Waals surface area contributed by atoms with Crippen molar-refractivity contribution in [2.45, 2.75) is 46.2 Å². The van der Waals surface area contributed by atoms with Crippen LogP contribution in [0.3, 0.4) is 0 Å². The number of nitrogens with zero attached hydrogens (tertiary/aromatic N) is 1. The Balaban J connectivity index is 1.46. The van der Waals surface area contributed by atoms with Gasteiger partial charge in [-0.25, -0.2) is 0 Å². The number of rotatable bonds is 7. The Hall–Kier alpha value is -2.29. The quantitative estimate of drug-likeness (QED) is 0.817. The van der Waals surface area contributed by atoms with Crippen molar-refractivity contribution >= 4 is 11.6 Å². The molecule has 2 aromatic carbocycles. The summed E-state index contributed by atoms with van der Waals surface area (Å²) in [6.45, 7) is 6.98. The van der Waals surface area contributed by atoms with E-state index < -0.39 is 0 Å². The van der Waals surface area contributed by atoms with E-state index in [-0.39, 0.29) is 5.91 Å². The molecule has 0 spiro atoms. The Kier molecular flexibility index (Phi) is 5.75. The molecule has 0 aliphatic carbocycles. The summed E-state index contributed by atoms with van der Waals surface area (Å²) in [4.78, 5) is 14.2. The fourth-order valence-electron chi connectivity index (χ4n) is 3.24. The molecule has 0 saturated heterocycles. The van der Waals surface area contributed by atoms with Crippen LogP contribution in [0.25, 0.3) is 0 Å². The molecule has 1 aliphatic rings. The molecule has 0 radical (unpaired) electrons. The molecule has 0 saturated carbocycles. The van der Waals surface area contributed by atoms with E-state index in [9.17, 15) is 4.79 Å². The number of fused-ring (bicyclic) bond motifs is 1. The summed E-state index contributed by atoms with van der Waals surface area (Å²) in [5.74, 6) is 0.746. The van der Waals surface area contributed by atoms with Gasteiger partial charge in [0, 0.05) is 31.7 Å². The van der Waals surface area contributed by atoms with E-state index in [1.807, 2.05) is 0 Å². The Labute approximate surface area is 151 Å². The number of carbonyl (C=O) groups excluding carboxylic acids is 1. The molecule has 0 fully saturated rings. The molecule has 1 heterocycles. The Morgan fingerprint density at radius 2 is 1.68 bits per heavy atom. The van der Waals surface area contributed by atoms with E-state index in [1.54, 1.807) is 0 Å². The van der Waals surface area contributed by atoms with Gasteiger partial charge in [-0.15, -0.1) is 0 Å². The van der Waals surface area contributed by atoms with Gasteiger partial charge in [0.2, 0.25) is 5.91 Å². The number of carbonyl (C=O) groups is 1. The average molecular weight is 336 g/mol. The third kappa shape index (κ3) is 4.85. The van der Waals surface area contributed by atoms with E-state index in [4.69, 9.17) is 0 Å². The SMILES string of the molecule is CC(C)CCC(=O)NCCc1ccc(N2Cc3ccccc3C2)cc1. The Morgan fingerprint density at radius 3 is 2.28 bits per heavy atom. The molecule has 25 heavy (non-hydrogen) atoms. The molecule has 0 unspecified atom stereocenters. The van der Waals surface area contributed by atoms with Crippen molar-refractivity contribution in [3.63, 3.8) is 0 Å². The van der Waals surface area contributed by atoms with Gasteiger partial charge in [0.05, 0.1) is 0 Å². The normalized spacial score (nSPS) is 13.2. The van der Waals surface area contributed by atoms with Crippen molar-refractivity contribution in [3.05, 3.63) is 65.2 Å². The van der Waals surface area contributed by atoms with Crippen molar-refractivity contribution in [3.8, 4) is 0 Å². The molecule has 0 aromatic heterocycles. The van der Waals surface area contributed by atoms with Gasteiger partial charge in [-0.1, -0.05) is 50.2 Å². The lowest BCUT2D eigenvalue weighted by Crippen LogP contribution is -2.25. The van der Waals surface area contributed by atoms with Crippen LogP contribution >= 0.6 is 0 Å². The first-order valence-corrected chi connectivity index (χ1v) is 9.29. The van der Waals surface area contributed by atoms with Crippen molar-refractivity contribution in [2.75, 3.05) is 11.4 Å². The van der Waals surface area contributed by atoms with Crippen LogP contribution in [0.1, 0.15) is 43.4 Å². The maximum Gasteiger partial charge on any atom is 0.220 e. The minimum Gasteiger partial charge on any atom is -0.363 e. The van der Waals surface area contributed by atoms with Crippen LogP contribution in [0.15, 0.2) is 48.5 Å². The summed E-state index contributed by atoms with van der Waals surface area (Å²) in [6.07, 6.45) is 2.47. The second-order valence-corrected chi connectivity index (χ2v) is 7.32. The fourth-order valence-corrected chi connectivity index (χ4v) is 3.24. The standard InChI is InChI=1S/C22H28N2O/c1-17(2)7-12-22(25)23-14-13-18-8-10-21(11-9-18)24-15-19-5-3-4-6-20(19)16-24/h3-6,8-11,17H,7,12-16H2,1-2H3,(H,23,25). The first-order chi connectivity index (χ1) is 12.1. The summed E-state index contributed by atoms with van der Waals surface area (Å²) < 4.78 is 0. The van der Waals surface area contributed by atoms with Crippen molar-refractivity contribution in [1.29, 1.82) is 0 Å². The summed E-state index contributed by atoms with van der Waals surface area (Å²) in [5, 5.41) is 3.02. The van der Waals surface area contributed by atoms with Crippen LogP contribution in [0.4, 0.5) is 5.69 Å². The van der Waals surface area contributed by atoms with Crippen LogP contribution in [0, 0.1) is 5.92 Å². The van der Waals surface area contributed by atoms with E-state index in [0.29, 0.717) is 18.9 Å². The number of anilines is 1. The molecule has 3 rings (SSSR count). The van der Waals surface area contributed by atoms with E-state index in [1.165, 1.54) is 22.4 Å². The fraction of sp³-hybridized carbons (Fsp3) is 0.409. The van der Waals surface area contributed by atoms with Gasteiger partial charge in [0.1, 0.15) is 0 Å². The summed E-state index contributed by atoms with van der Waals surface area (Å²) in [7, 11) is 0. The zero-order chi connectivity index (χ0) is 17.6. The topological polar surface area (TPSA) is 32.3 Å². The van der Waals surface area contributed by atoms with Crippen LogP contribution < -0.4 is 10.2 Å². The molecule has 1 amide bonds. The number of benzene rings is 2. The van der Waals surface area contributed by atoms with E-state index >= 15 is 0 Å². The molecule has 132 valence electrons. The lowest BCUT2D eigenvalue weighted by Gasteiger charge is -2.18. The van der Waals surface area contributed by atoms with Crippen LogP contribution in [-0.4, -0.2) is 12.5 Å². The largest absolute Gasteiger partial charge is 0.363 e. The number of hydrogen-bond acceptors (Lipinski definition) is 2. The first-order valence-electron chi connectivity index (χ1n) is 9.29. The average Bonchev–Trinajstić information content (AvgIpc) is 3.04. The molecule has 0 bridgehead atoms. The van der Waals surface area contributed by atoms with Crippen LogP contribution in [0.5, 0.6) is 0 Å². The van der Waals surface area contributed by atoms with E-state index in [2.05, 4.69) is 72.6 Å². The molecule has 2 aromatic rings. The van der Waals surface area contributed by atoms with Gasteiger partial charge in [-0.2, -0.15) is 0 Å². The minimum atomic E-state index is 0.167. The zero-order valence-corrected chi connectivity index (χ0v) is 15.3. The van der Waals surface area contributed by atoms with Gasteiger partial charge in [-0.3, -0.25) is 4.79 Å². The molecule has 3 heteroatoms. The predicted octanol–water partition coefficient (Wildman–Crippen LogP) is 4.30. The molecular formula is C22H28N2O. The second-order valence-electron chi connectivity index (χ2n) is 7.32. The van der Waals surface area contributed by atoms with Gasteiger partial charge < -0.3 is 10.2 Å². The third-order valence-corrected chi connectivity index (χ3v) is 4.83. The zero-order valence-electron chi connectivity index (χ0n) is 15.3. The first kappa shape index (κ1) is 17.5. The summed E-state index contributed by atoms with van der Waals surface area (Å²) >= 11 is 0. The smallest absolute Gasteiger partial charge is 0.220 e. The molecular weight excluding hydrogens is 308 g/mol. The third-order valence-electron chi connectivity index (χ3n) is 4.83. The Morgan fingerprint density at radius 1 is 1.04 bits per heavy atom. The van der Waals surface area contributed by atoms with Gasteiger partial charge in [-0.05, 0) is 47.6 Å². The summed E-state index contributed by atoms with van der Waals surface area (Å²) in [5.41, 5.74) is 5.39. The van der Waals surface area contributed by atoms with Crippen LogP contribution in [-0.2, 0) is 24.3 Å². The van der Waals surface area contributed by atoms with Crippen molar-refractivity contribution in [2.24, 2.45) is 5.92 Å². The van der Waals surface area contributed by atoms with Crippen LogP contribution in [0.2, 0.25) is 0 Å². The van der Waals surface area contributed by atoms with Gasteiger partial charge in [0.25, 0.3) is 0 Å². The number of amides is 1. The lowest BCUT2D eigenvalue weighted by atomic mass is 10.1. The second kappa shape index (κ2) is 8.19. The van der Waals surface area contributed by atoms with Gasteiger partial charge in [0.15, 0.2) is 0 Å². The highest BCUT2D eigenvalue weighted by atomic mass is 16.1. The Bertz CT molecular complexity index is 681. The van der Waals surface area contributed by atoms with Crippen molar-refractivity contribution in [1.82, 2.24) is 5.32 Å². The highest BCUT2D eigenvalue weighted by molar-refractivity contribution is 5.75. The lowest BCUT2D eigenvalue weighted by molar-refractivity contribution is -0.121. The van der Waals surface area contributed by atoms with Gasteiger partial charge >= 0.3 is 0 Å². The molecule has 0 atom stereocenters. The predicted molar refractivity (Wildman–Crippen MR) is 104 cm³/mol. The summed E-state index contributed by atoms with van der Waals surface area (Å²) in [6, 6.07) is 17.4. The maximum atomic E-state index is 11.8. The number of nitrogens with one attached hydrogen (secondary N) is 1. The molecule has 3 nitrogen and oxygen atoms in total. The molecule has 1 N–H and O–H groups in total. The minimum absolute atomic E-state index is 0.167. The monoisotopic (exact) mass is 336 g/mol. The highest BCUT2D eigenvalue weighted by Crippen LogP contribution is 2.28. The van der Waals surface area contributed by atoms with E-state index in [0.717, 1.165) is 25.9 Å². The highest BCUT2D eigenvalue weighted by Gasteiger charge is 2.18. The van der Waals surface area contributed by atoms with Crippen molar-refractivity contribution < 1.29 is 4.79 Å². The number of hydrogen-bond donors (Lipinski definition) is 1. The molecule has 1 aliphatic heterocycles. The maximum absolute atomic E-state index is 11.8.